The maximum Gasteiger partial charge on any atom is 0.340 e. The molecular formula is C21H22NO6S-. The lowest BCUT2D eigenvalue weighted by atomic mass is 9.98. The molecule has 0 fully saturated rings. The molecule has 3 rings (SSSR count). The molecule has 1 amide bonds. The second-order valence-corrected chi connectivity index (χ2v) is 8.07. The molecule has 0 unspecified atom stereocenters. The molecule has 154 valence electrons. The molecule has 3 aromatic rings. The molecule has 0 saturated carbocycles. The Labute approximate surface area is 171 Å². The first-order valence-corrected chi connectivity index (χ1v) is 10.6. The number of rotatable bonds is 7. The van der Waals surface area contributed by atoms with Gasteiger partial charge < -0.3 is 24.1 Å². The monoisotopic (exact) mass is 416 g/mol. The summed E-state index contributed by atoms with van der Waals surface area (Å²) in [7, 11) is 0. The predicted octanol–water partition coefficient (Wildman–Crippen LogP) is 1.99. The lowest BCUT2D eigenvalue weighted by molar-refractivity contribution is -0.308. The zero-order chi connectivity index (χ0) is 21.3. The highest BCUT2D eigenvalue weighted by atomic mass is 32.2. The largest absolute Gasteiger partial charge is 0.548 e. The van der Waals surface area contributed by atoms with E-state index in [1.165, 1.54) is 11.8 Å². The van der Waals surface area contributed by atoms with Gasteiger partial charge in [0.25, 0.3) is 0 Å². The van der Waals surface area contributed by atoms with Crippen LogP contribution >= 0.6 is 11.8 Å². The van der Waals surface area contributed by atoms with Crippen LogP contribution in [0.15, 0.2) is 26.0 Å². The van der Waals surface area contributed by atoms with Gasteiger partial charge in [-0.3, -0.25) is 4.79 Å². The second kappa shape index (κ2) is 8.32. The van der Waals surface area contributed by atoms with Crippen molar-refractivity contribution in [2.24, 2.45) is 0 Å². The highest BCUT2D eigenvalue weighted by Crippen LogP contribution is 2.34. The van der Waals surface area contributed by atoms with Crippen molar-refractivity contribution < 1.29 is 23.5 Å². The van der Waals surface area contributed by atoms with Crippen molar-refractivity contribution in [2.75, 3.05) is 12.0 Å². The van der Waals surface area contributed by atoms with Crippen LogP contribution in [0.1, 0.15) is 28.7 Å². The SMILES string of the molecule is CSCC[C@H](NC(=O)Cc1c(C)c2c(cc(C)c3c(C)coc32)oc1=O)C(=O)[O-]. The molecule has 0 aliphatic rings. The van der Waals surface area contributed by atoms with Crippen molar-refractivity contribution in [3.05, 3.63) is 45.0 Å². The van der Waals surface area contributed by atoms with Crippen LogP contribution in [0, 0.1) is 20.8 Å². The third kappa shape index (κ3) is 4.03. The summed E-state index contributed by atoms with van der Waals surface area (Å²) in [4.78, 5) is 36.2. The normalized spacial score (nSPS) is 12.4. The molecule has 0 aliphatic heterocycles. The summed E-state index contributed by atoms with van der Waals surface area (Å²) >= 11 is 1.47. The minimum Gasteiger partial charge on any atom is -0.548 e. The van der Waals surface area contributed by atoms with Crippen LogP contribution in [-0.4, -0.2) is 29.9 Å². The van der Waals surface area contributed by atoms with Crippen molar-refractivity contribution in [3.63, 3.8) is 0 Å². The number of furan rings is 1. The third-order valence-electron chi connectivity index (χ3n) is 5.03. The van der Waals surface area contributed by atoms with E-state index >= 15 is 0 Å². The molecule has 29 heavy (non-hydrogen) atoms. The van der Waals surface area contributed by atoms with Gasteiger partial charge in [0.15, 0.2) is 0 Å². The van der Waals surface area contributed by atoms with E-state index in [2.05, 4.69) is 5.32 Å². The number of carboxylic acid groups (broad SMARTS) is 1. The molecule has 0 aliphatic carbocycles. The fourth-order valence-corrected chi connectivity index (χ4v) is 4.04. The standard InChI is InChI=1S/C21H23NO6S/c1-10-7-15-18(19-17(10)11(2)9-27-19)12(3)13(21(26)28-15)8-16(23)22-14(20(24)25)5-6-29-4/h7,9,14H,5-6,8H2,1-4H3,(H,22,23)(H,24,25)/p-1/t14-/m0/s1. The van der Waals surface area contributed by atoms with Gasteiger partial charge in [0.2, 0.25) is 5.91 Å². The Bertz CT molecular complexity index is 1160. The van der Waals surface area contributed by atoms with Crippen molar-refractivity contribution in [2.45, 2.75) is 39.7 Å². The molecule has 2 heterocycles. The molecule has 0 spiro atoms. The molecule has 2 aromatic heterocycles. The van der Waals surface area contributed by atoms with E-state index in [-0.39, 0.29) is 18.4 Å². The van der Waals surface area contributed by atoms with Crippen molar-refractivity contribution >= 4 is 45.6 Å². The molecular weight excluding hydrogens is 394 g/mol. The van der Waals surface area contributed by atoms with Gasteiger partial charge in [-0.2, -0.15) is 11.8 Å². The lowest BCUT2D eigenvalue weighted by Gasteiger charge is -2.19. The number of aryl methyl sites for hydroxylation is 3. The van der Waals surface area contributed by atoms with E-state index in [0.717, 1.165) is 16.5 Å². The number of fused-ring (bicyclic) bond motifs is 3. The summed E-state index contributed by atoms with van der Waals surface area (Å²) in [5.74, 6) is -1.36. The maximum atomic E-state index is 12.5. The molecule has 0 radical (unpaired) electrons. The van der Waals surface area contributed by atoms with E-state index in [9.17, 15) is 19.5 Å². The lowest BCUT2D eigenvalue weighted by Crippen LogP contribution is -2.48. The fraction of sp³-hybridized carbons (Fsp3) is 0.381. The molecule has 7 nitrogen and oxygen atoms in total. The number of hydrogen-bond acceptors (Lipinski definition) is 7. The Kier molecular flexibility index (Phi) is 6.02. The highest BCUT2D eigenvalue weighted by molar-refractivity contribution is 7.98. The fourth-order valence-electron chi connectivity index (χ4n) is 3.57. The predicted molar refractivity (Wildman–Crippen MR) is 110 cm³/mol. The quantitative estimate of drug-likeness (QED) is 0.586. The molecule has 8 heteroatoms. The number of carboxylic acids is 1. The first kappa shape index (κ1) is 21.0. The van der Waals surface area contributed by atoms with E-state index in [1.807, 2.05) is 20.1 Å². The van der Waals surface area contributed by atoms with Crippen LogP contribution in [0.5, 0.6) is 0 Å². The van der Waals surface area contributed by atoms with Gasteiger partial charge in [-0.05, 0) is 62.0 Å². The number of amides is 1. The van der Waals surface area contributed by atoms with Crippen molar-refractivity contribution in [1.29, 1.82) is 0 Å². The number of nitrogens with one attached hydrogen (secondary N) is 1. The minimum atomic E-state index is -1.35. The number of benzene rings is 1. The van der Waals surface area contributed by atoms with Gasteiger partial charge in [0, 0.05) is 5.39 Å². The number of thioether (sulfide) groups is 1. The van der Waals surface area contributed by atoms with Gasteiger partial charge >= 0.3 is 5.63 Å². The topological polar surface area (TPSA) is 113 Å². The van der Waals surface area contributed by atoms with Crippen LogP contribution in [0.2, 0.25) is 0 Å². The van der Waals surface area contributed by atoms with Gasteiger partial charge in [-0.25, -0.2) is 4.79 Å². The van der Waals surface area contributed by atoms with Gasteiger partial charge in [-0.15, -0.1) is 0 Å². The van der Waals surface area contributed by atoms with Crippen LogP contribution in [0.4, 0.5) is 0 Å². The zero-order valence-electron chi connectivity index (χ0n) is 16.7. The average Bonchev–Trinajstić information content (AvgIpc) is 3.03. The van der Waals surface area contributed by atoms with E-state index < -0.39 is 23.5 Å². The summed E-state index contributed by atoms with van der Waals surface area (Å²) in [6.07, 6.45) is 3.44. The molecule has 0 bridgehead atoms. The Hall–Kier alpha value is -2.74. The molecule has 1 atom stereocenters. The summed E-state index contributed by atoms with van der Waals surface area (Å²) < 4.78 is 11.2. The summed E-state index contributed by atoms with van der Waals surface area (Å²) in [6, 6.07) is 0.678. The number of aliphatic carboxylic acids is 1. The smallest absolute Gasteiger partial charge is 0.340 e. The van der Waals surface area contributed by atoms with Crippen LogP contribution in [0.3, 0.4) is 0 Å². The number of hydrogen-bond donors (Lipinski definition) is 1. The average molecular weight is 416 g/mol. The molecule has 0 saturated heterocycles. The number of carbonyl (C=O) groups is 2. The van der Waals surface area contributed by atoms with E-state index in [1.54, 1.807) is 19.3 Å². The summed E-state index contributed by atoms with van der Waals surface area (Å²) in [6.45, 7) is 5.58. The minimum absolute atomic E-state index is 0.177. The first-order valence-electron chi connectivity index (χ1n) is 9.17. The Morgan fingerprint density at radius 1 is 1.21 bits per heavy atom. The second-order valence-electron chi connectivity index (χ2n) is 7.08. The zero-order valence-corrected chi connectivity index (χ0v) is 17.5. The Morgan fingerprint density at radius 3 is 2.59 bits per heavy atom. The van der Waals surface area contributed by atoms with Gasteiger partial charge in [-0.1, -0.05) is 0 Å². The molecule has 1 aromatic carbocycles. The van der Waals surface area contributed by atoms with E-state index in [4.69, 9.17) is 8.83 Å². The first-order chi connectivity index (χ1) is 13.7. The van der Waals surface area contributed by atoms with Gasteiger partial charge in [0.1, 0.15) is 11.2 Å². The Morgan fingerprint density at radius 2 is 1.93 bits per heavy atom. The van der Waals surface area contributed by atoms with Crippen LogP contribution in [0.25, 0.3) is 21.9 Å². The van der Waals surface area contributed by atoms with Crippen LogP contribution in [-0.2, 0) is 16.0 Å². The summed E-state index contributed by atoms with van der Waals surface area (Å²) in [5, 5.41) is 15.3. The number of carbonyl (C=O) groups excluding carboxylic acids is 2. The Balaban J connectivity index is 2.00. The van der Waals surface area contributed by atoms with Crippen LogP contribution < -0.4 is 16.0 Å². The van der Waals surface area contributed by atoms with Crippen molar-refractivity contribution in [1.82, 2.24) is 5.32 Å². The van der Waals surface area contributed by atoms with Crippen molar-refractivity contribution in [3.8, 4) is 0 Å². The summed E-state index contributed by atoms with van der Waals surface area (Å²) in [5.41, 5.74) is 3.03. The highest BCUT2D eigenvalue weighted by Gasteiger charge is 2.21. The third-order valence-corrected chi connectivity index (χ3v) is 5.68. The van der Waals surface area contributed by atoms with Gasteiger partial charge in [0.05, 0.1) is 35.6 Å². The molecule has 1 N–H and O–H groups in total. The van der Waals surface area contributed by atoms with E-state index in [0.29, 0.717) is 27.9 Å². The maximum absolute atomic E-state index is 12.5.